The maximum atomic E-state index is 2.52. The standard InChI is InChI=1S/C52H41N/c1-51(2)45-23-13-11-20-39(45)41-31-30-38(32-47(41)51)53(37-28-26-35(27-29-37)34-16-7-5-8-17-34)48-25-15-22-42-43(36-18-9-6-10-19-36)33-44-40-21-12-14-24-46(40)52(3,4)50(44)49(42)48/h5-33H,1-4H3. The first-order chi connectivity index (χ1) is 25.8. The van der Waals surface area contributed by atoms with Crippen LogP contribution in [0.2, 0.25) is 0 Å². The Bertz CT molecular complexity index is 2700. The monoisotopic (exact) mass is 679 g/mol. The lowest BCUT2D eigenvalue weighted by atomic mass is 9.78. The van der Waals surface area contributed by atoms with E-state index < -0.39 is 0 Å². The average molecular weight is 680 g/mol. The SMILES string of the molecule is CC1(C)c2ccccc2-c2ccc(N(c3ccc(-c4ccccc4)cc3)c3cccc4c(-c5ccccc5)cc5c(c34)C(C)(C)c3ccccc3-5)cc21. The largest absolute Gasteiger partial charge is 0.310 e. The van der Waals surface area contributed by atoms with Gasteiger partial charge in [-0.25, -0.2) is 0 Å². The van der Waals surface area contributed by atoms with E-state index >= 15 is 0 Å². The summed E-state index contributed by atoms with van der Waals surface area (Å²) in [5.41, 5.74) is 19.0. The fourth-order valence-corrected chi connectivity index (χ4v) is 9.45. The van der Waals surface area contributed by atoms with Crippen LogP contribution in [0.5, 0.6) is 0 Å². The molecular formula is C52H41N. The maximum absolute atomic E-state index is 2.52. The van der Waals surface area contributed by atoms with E-state index in [4.69, 9.17) is 0 Å². The van der Waals surface area contributed by atoms with Crippen LogP contribution in [-0.4, -0.2) is 0 Å². The summed E-state index contributed by atoms with van der Waals surface area (Å²) in [6.45, 7) is 9.56. The molecule has 0 saturated heterocycles. The number of hydrogen-bond acceptors (Lipinski definition) is 1. The third-order valence-electron chi connectivity index (χ3n) is 12.0. The molecule has 0 spiro atoms. The van der Waals surface area contributed by atoms with Crippen molar-refractivity contribution in [2.24, 2.45) is 0 Å². The van der Waals surface area contributed by atoms with E-state index in [0.717, 1.165) is 11.4 Å². The molecule has 0 N–H and O–H groups in total. The highest BCUT2D eigenvalue weighted by atomic mass is 15.1. The van der Waals surface area contributed by atoms with Gasteiger partial charge in [0, 0.05) is 27.6 Å². The molecule has 0 saturated carbocycles. The highest BCUT2D eigenvalue weighted by molar-refractivity contribution is 6.12. The van der Waals surface area contributed by atoms with Gasteiger partial charge in [0.15, 0.2) is 0 Å². The Hall–Kier alpha value is -6.18. The van der Waals surface area contributed by atoms with Crippen molar-refractivity contribution < 1.29 is 0 Å². The number of rotatable bonds is 5. The molecule has 8 aromatic carbocycles. The van der Waals surface area contributed by atoms with Gasteiger partial charge in [-0.05, 0) is 109 Å². The lowest BCUT2D eigenvalue weighted by molar-refractivity contribution is 0.660. The Morgan fingerprint density at radius 1 is 0.358 bits per heavy atom. The van der Waals surface area contributed by atoms with Crippen molar-refractivity contribution in [1.29, 1.82) is 0 Å². The van der Waals surface area contributed by atoms with E-state index in [1.807, 2.05) is 0 Å². The third kappa shape index (κ3) is 4.70. The van der Waals surface area contributed by atoms with E-state index in [1.165, 1.54) is 83.2 Å². The molecule has 0 aromatic heterocycles. The molecule has 53 heavy (non-hydrogen) atoms. The Kier molecular flexibility index (Phi) is 6.94. The molecular weight excluding hydrogens is 639 g/mol. The summed E-state index contributed by atoms with van der Waals surface area (Å²) >= 11 is 0. The Morgan fingerprint density at radius 2 is 0.906 bits per heavy atom. The van der Waals surface area contributed by atoms with E-state index in [2.05, 4.69) is 209 Å². The summed E-state index contributed by atoms with van der Waals surface area (Å²) in [5.74, 6) is 0. The number of anilines is 3. The summed E-state index contributed by atoms with van der Waals surface area (Å²) in [4.78, 5) is 2.52. The van der Waals surface area contributed by atoms with Gasteiger partial charge in [-0.3, -0.25) is 0 Å². The second-order valence-electron chi connectivity index (χ2n) is 15.7. The fraction of sp³-hybridized carbons (Fsp3) is 0.115. The zero-order valence-corrected chi connectivity index (χ0v) is 30.7. The van der Waals surface area contributed by atoms with Crippen LogP contribution in [0.15, 0.2) is 176 Å². The summed E-state index contributed by atoms with van der Waals surface area (Å²) in [6.07, 6.45) is 0. The molecule has 1 heteroatoms. The van der Waals surface area contributed by atoms with Gasteiger partial charge in [0.1, 0.15) is 0 Å². The molecule has 2 aliphatic rings. The first-order valence-corrected chi connectivity index (χ1v) is 18.8. The molecule has 2 aliphatic carbocycles. The van der Waals surface area contributed by atoms with Crippen molar-refractivity contribution >= 4 is 27.8 Å². The van der Waals surface area contributed by atoms with E-state index in [9.17, 15) is 0 Å². The van der Waals surface area contributed by atoms with Crippen LogP contribution in [0, 0.1) is 0 Å². The predicted octanol–water partition coefficient (Wildman–Crippen LogP) is 14.3. The zero-order chi connectivity index (χ0) is 35.9. The summed E-state index contributed by atoms with van der Waals surface area (Å²) < 4.78 is 0. The van der Waals surface area contributed by atoms with E-state index in [-0.39, 0.29) is 10.8 Å². The molecule has 0 aliphatic heterocycles. The molecule has 0 heterocycles. The van der Waals surface area contributed by atoms with Gasteiger partial charge < -0.3 is 4.90 Å². The molecule has 0 radical (unpaired) electrons. The van der Waals surface area contributed by atoms with Crippen molar-refractivity contribution in [2.45, 2.75) is 38.5 Å². The lowest BCUT2D eigenvalue weighted by Gasteiger charge is -2.32. The van der Waals surface area contributed by atoms with Crippen molar-refractivity contribution in [1.82, 2.24) is 0 Å². The maximum Gasteiger partial charge on any atom is 0.0543 e. The van der Waals surface area contributed by atoms with Crippen molar-refractivity contribution in [3.05, 3.63) is 198 Å². The van der Waals surface area contributed by atoms with Gasteiger partial charge in [0.2, 0.25) is 0 Å². The Balaban J connectivity index is 1.28. The van der Waals surface area contributed by atoms with Crippen molar-refractivity contribution in [2.75, 3.05) is 4.90 Å². The Morgan fingerprint density at radius 3 is 1.60 bits per heavy atom. The predicted molar refractivity (Wildman–Crippen MR) is 225 cm³/mol. The van der Waals surface area contributed by atoms with Crippen LogP contribution in [0.1, 0.15) is 49.9 Å². The second kappa shape index (κ2) is 11.7. The molecule has 0 bridgehead atoms. The summed E-state index contributed by atoms with van der Waals surface area (Å²) in [5, 5.41) is 2.58. The van der Waals surface area contributed by atoms with Crippen LogP contribution in [0.3, 0.4) is 0 Å². The molecule has 10 rings (SSSR count). The van der Waals surface area contributed by atoms with Crippen LogP contribution < -0.4 is 4.90 Å². The summed E-state index contributed by atoms with van der Waals surface area (Å²) in [7, 11) is 0. The van der Waals surface area contributed by atoms with Crippen molar-refractivity contribution in [3.8, 4) is 44.5 Å². The molecule has 0 atom stereocenters. The minimum atomic E-state index is -0.195. The minimum absolute atomic E-state index is 0.116. The average Bonchev–Trinajstić information content (AvgIpc) is 3.58. The molecule has 0 fully saturated rings. The van der Waals surface area contributed by atoms with Gasteiger partial charge in [-0.2, -0.15) is 0 Å². The number of hydrogen-bond donors (Lipinski definition) is 0. The van der Waals surface area contributed by atoms with Crippen LogP contribution >= 0.6 is 0 Å². The van der Waals surface area contributed by atoms with Gasteiger partial charge in [-0.15, -0.1) is 0 Å². The van der Waals surface area contributed by atoms with Gasteiger partial charge in [0.25, 0.3) is 0 Å². The van der Waals surface area contributed by atoms with Crippen LogP contribution in [0.4, 0.5) is 17.1 Å². The minimum Gasteiger partial charge on any atom is -0.310 e. The fourth-order valence-electron chi connectivity index (χ4n) is 9.45. The molecule has 0 amide bonds. The number of fused-ring (bicyclic) bond motifs is 8. The first kappa shape index (κ1) is 31.5. The Labute approximate surface area is 312 Å². The molecule has 254 valence electrons. The molecule has 8 aromatic rings. The highest BCUT2D eigenvalue weighted by Crippen LogP contribution is 2.57. The van der Waals surface area contributed by atoms with Gasteiger partial charge in [-0.1, -0.05) is 167 Å². The quantitative estimate of drug-likeness (QED) is 0.175. The molecule has 1 nitrogen and oxygen atoms in total. The van der Waals surface area contributed by atoms with Gasteiger partial charge >= 0.3 is 0 Å². The number of benzene rings is 8. The molecule has 0 unspecified atom stereocenters. The second-order valence-corrected chi connectivity index (χ2v) is 15.7. The summed E-state index contributed by atoms with van der Waals surface area (Å²) in [6, 6.07) is 65.2. The van der Waals surface area contributed by atoms with Crippen LogP contribution in [0.25, 0.3) is 55.3 Å². The highest BCUT2D eigenvalue weighted by Gasteiger charge is 2.39. The van der Waals surface area contributed by atoms with E-state index in [1.54, 1.807) is 0 Å². The van der Waals surface area contributed by atoms with E-state index in [0.29, 0.717) is 0 Å². The lowest BCUT2D eigenvalue weighted by Crippen LogP contribution is -2.18. The van der Waals surface area contributed by atoms with Gasteiger partial charge in [0.05, 0.1) is 5.69 Å². The first-order valence-electron chi connectivity index (χ1n) is 18.8. The zero-order valence-electron chi connectivity index (χ0n) is 30.7. The normalized spacial score (nSPS) is 14.3. The third-order valence-corrected chi connectivity index (χ3v) is 12.0. The topological polar surface area (TPSA) is 3.24 Å². The van der Waals surface area contributed by atoms with Crippen LogP contribution in [-0.2, 0) is 10.8 Å². The van der Waals surface area contributed by atoms with Crippen molar-refractivity contribution in [3.63, 3.8) is 0 Å². The number of nitrogens with zero attached hydrogens (tertiary/aromatic N) is 1. The smallest absolute Gasteiger partial charge is 0.0543 e.